The van der Waals surface area contributed by atoms with Crippen LogP contribution in [0.4, 0.5) is 14.5 Å². The van der Waals surface area contributed by atoms with Crippen LogP contribution in [0.1, 0.15) is 29.6 Å². The fourth-order valence-electron chi connectivity index (χ4n) is 3.30. The number of fused-ring (bicyclic) bond motifs is 1. The molecule has 0 unspecified atom stereocenters. The third-order valence-electron chi connectivity index (χ3n) is 4.74. The highest BCUT2D eigenvalue weighted by Gasteiger charge is 2.37. The lowest BCUT2D eigenvalue weighted by molar-refractivity contribution is -0.118. The highest BCUT2D eigenvalue weighted by molar-refractivity contribution is 6.10. The molecule has 7 nitrogen and oxygen atoms in total. The molecule has 3 rings (SSSR count). The van der Waals surface area contributed by atoms with E-state index in [1.165, 1.54) is 6.20 Å². The Morgan fingerprint density at radius 2 is 2.10 bits per heavy atom. The number of rotatable bonds is 8. The number of carbonyl (C=O) groups is 3. The molecule has 0 spiro atoms. The summed E-state index contributed by atoms with van der Waals surface area (Å²) >= 11 is 0. The summed E-state index contributed by atoms with van der Waals surface area (Å²) in [6, 6.07) is 6.66. The number of nitrogens with one attached hydrogen (secondary N) is 2. The molecule has 1 aromatic carbocycles. The normalized spacial score (nSPS) is 15.9. The van der Waals surface area contributed by atoms with E-state index >= 15 is 0 Å². The van der Waals surface area contributed by atoms with E-state index in [2.05, 4.69) is 15.6 Å². The fourth-order valence-corrected chi connectivity index (χ4v) is 3.30. The molecular formula is C20H22F2N4O3. The zero-order valence-corrected chi connectivity index (χ0v) is 15.8. The first kappa shape index (κ1) is 20.8. The molecule has 0 radical (unpaired) electrons. The van der Waals surface area contributed by atoms with Gasteiger partial charge in [0.05, 0.1) is 23.3 Å². The van der Waals surface area contributed by atoms with Gasteiger partial charge in [-0.2, -0.15) is 0 Å². The lowest BCUT2D eigenvalue weighted by Gasteiger charge is -2.16. The topological polar surface area (TPSA) is 91.4 Å². The quantitative estimate of drug-likeness (QED) is 0.659. The van der Waals surface area contributed by atoms with Crippen LogP contribution in [-0.2, 0) is 9.59 Å². The van der Waals surface area contributed by atoms with Crippen LogP contribution in [0.15, 0.2) is 30.5 Å². The molecule has 1 aliphatic heterocycles. The van der Waals surface area contributed by atoms with Gasteiger partial charge >= 0.3 is 0 Å². The Kier molecular flexibility index (Phi) is 6.48. The molecule has 1 fully saturated rings. The molecule has 29 heavy (non-hydrogen) atoms. The second kappa shape index (κ2) is 9.04. The van der Waals surface area contributed by atoms with Crippen molar-refractivity contribution in [3.8, 4) is 0 Å². The number of hydrogen-bond acceptors (Lipinski definition) is 5. The Morgan fingerprint density at radius 3 is 2.83 bits per heavy atom. The van der Waals surface area contributed by atoms with E-state index in [0.717, 1.165) is 0 Å². The van der Waals surface area contributed by atoms with Crippen LogP contribution in [-0.4, -0.2) is 60.1 Å². The highest BCUT2D eigenvalue weighted by atomic mass is 19.3. The minimum absolute atomic E-state index is 0.0651. The maximum atomic E-state index is 13.2. The van der Waals surface area contributed by atoms with Gasteiger partial charge in [0.2, 0.25) is 5.91 Å². The summed E-state index contributed by atoms with van der Waals surface area (Å²) in [5, 5.41) is 6.02. The molecule has 2 N–H and O–H groups in total. The SMILES string of the molecule is O=CCCC(=O)Nc1cccc2c(C(=O)NCCN3CCC(F)(F)C3)ccnc12. The van der Waals surface area contributed by atoms with Crippen LogP contribution < -0.4 is 10.6 Å². The molecule has 1 aliphatic rings. The zero-order valence-electron chi connectivity index (χ0n) is 15.8. The van der Waals surface area contributed by atoms with E-state index in [1.54, 1.807) is 29.2 Å². The number of benzene rings is 1. The van der Waals surface area contributed by atoms with Crippen molar-refractivity contribution in [2.24, 2.45) is 0 Å². The van der Waals surface area contributed by atoms with E-state index in [1.807, 2.05) is 0 Å². The number of carbonyl (C=O) groups excluding carboxylic acids is 3. The van der Waals surface area contributed by atoms with Gasteiger partial charge in [0.15, 0.2) is 0 Å². The summed E-state index contributed by atoms with van der Waals surface area (Å²) in [5.74, 6) is -3.31. The first-order valence-corrected chi connectivity index (χ1v) is 9.39. The molecule has 0 atom stereocenters. The van der Waals surface area contributed by atoms with Crippen molar-refractivity contribution < 1.29 is 23.2 Å². The molecule has 2 heterocycles. The van der Waals surface area contributed by atoms with Gasteiger partial charge in [-0.1, -0.05) is 12.1 Å². The van der Waals surface area contributed by atoms with Crippen molar-refractivity contribution in [3.05, 3.63) is 36.0 Å². The average Bonchev–Trinajstić information content (AvgIpc) is 3.04. The van der Waals surface area contributed by atoms with Crippen LogP contribution in [0.2, 0.25) is 0 Å². The molecule has 0 saturated carbocycles. The van der Waals surface area contributed by atoms with Crippen LogP contribution in [0.25, 0.3) is 10.9 Å². The number of anilines is 1. The van der Waals surface area contributed by atoms with Gasteiger partial charge in [0.25, 0.3) is 11.8 Å². The molecule has 2 aromatic rings. The minimum atomic E-state index is -2.65. The van der Waals surface area contributed by atoms with Crippen molar-refractivity contribution in [3.63, 3.8) is 0 Å². The molecule has 0 bridgehead atoms. The van der Waals surface area contributed by atoms with Gasteiger partial charge in [0.1, 0.15) is 6.29 Å². The van der Waals surface area contributed by atoms with Crippen molar-refractivity contribution in [2.75, 3.05) is 31.5 Å². The Hall–Kier alpha value is -2.94. The maximum Gasteiger partial charge on any atom is 0.261 e. The van der Waals surface area contributed by atoms with Crippen molar-refractivity contribution in [1.29, 1.82) is 0 Å². The number of alkyl halides is 2. The number of likely N-dealkylation sites (tertiary alicyclic amines) is 1. The predicted octanol–water partition coefficient (Wildman–Crippen LogP) is 2.22. The van der Waals surface area contributed by atoms with E-state index in [9.17, 15) is 23.2 Å². The first-order valence-electron chi connectivity index (χ1n) is 9.39. The molecule has 2 amide bonds. The zero-order chi connectivity index (χ0) is 20.9. The standard InChI is InChI=1S/C20H22F2N4O3/c21-20(22)7-10-26(13-20)11-9-24-19(29)15-6-8-23-18-14(15)3-1-4-16(18)25-17(28)5-2-12-27/h1,3-4,6,8,12H,2,5,7,9-11,13H2,(H,24,29)(H,25,28). The highest BCUT2D eigenvalue weighted by Crippen LogP contribution is 2.26. The summed E-state index contributed by atoms with van der Waals surface area (Å²) < 4.78 is 26.5. The van der Waals surface area contributed by atoms with Gasteiger partial charge in [-0.15, -0.1) is 0 Å². The third-order valence-corrected chi connectivity index (χ3v) is 4.74. The van der Waals surface area contributed by atoms with Gasteiger partial charge in [-0.05, 0) is 12.1 Å². The number of hydrogen-bond donors (Lipinski definition) is 2. The number of aromatic nitrogens is 1. The summed E-state index contributed by atoms with van der Waals surface area (Å²) in [6.45, 7) is 0.631. The minimum Gasteiger partial charge on any atom is -0.351 e. The van der Waals surface area contributed by atoms with E-state index in [0.29, 0.717) is 41.5 Å². The number of pyridine rings is 1. The van der Waals surface area contributed by atoms with E-state index < -0.39 is 5.92 Å². The lowest BCUT2D eigenvalue weighted by atomic mass is 10.1. The summed E-state index contributed by atoms with van der Waals surface area (Å²) in [5.41, 5.74) is 1.29. The van der Waals surface area contributed by atoms with Crippen LogP contribution in [0, 0.1) is 0 Å². The second-order valence-electron chi connectivity index (χ2n) is 6.95. The monoisotopic (exact) mass is 404 g/mol. The fraction of sp³-hybridized carbons (Fsp3) is 0.400. The number of amides is 2. The Balaban J connectivity index is 1.67. The number of nitrogens with zero attached hydrogens (tertiary/aromatic N) is 2. The van der Waals surface area contributed by atoms with E-state index in [-0.39, 0.29) is 44.2 Å². The molecule has 1 aromatic heterocycles. The molecule has 0 aliphatic carbocycles. The van der Waals surface area contributed by atoms with Gasteiger partial charge in [0, 0.05) is 50.5 Å². The second-order valence-corrected chi connectivity index (χ2v) is 6.95. The van der Waals surface area contributed by atoms with Gasteiger partial charge < -0.3 is 15.4 Å². The third kappa shape index (κ3) is 5.32. The summed E-state index contributed by atoms with van der Waals surface area (Å²) in [6.07, 6.45) is 2.18. The Labute approximate surface area is 166 Å². The van der Waals surface area contributed by atoms with Crippen LogP contribution in [0.5, 0.6) is 0 Å². The summed E-state index contributed by atoms with van der Waals surface area (Å²) in [7, 11) is 0. The predicted molar refractivity (Wildman–Crippen MR) is 104 cm³/mol. The lowest BCUT2D eigenvalue weighted by Crippen LogP contribution is -2.35. The number of halogens is 2. The first-order chi connectivity index (χ1) is 13.9. The van der Waals surface area contributed by atoms with Crippen molar-refractivity contribution in [2.45, 2.75) is 25.2 Å². The van der Waals surface area contributed by atoms with Gasteiger partial charge in [-0.25, -0.2) is 8.78 Å². The van der Waals surface area contributed by atoms with E-state index in [4.69, 9.17) is 0 Å². The molecule has 1 saturated heterocycles. The van der Waals surface area contributed by atoms with Crippen molar-refractivity contribution in [1.82, 2.24) is 15.2 Å². The Bertz CT molecular complexity index is 920. The number of para-hydroxylation sites is 1. The maximum absolute atomic E-state index is 13.2. The van der Waals surface area contributed by atoms with Crippen LogP contribution >= 0.6 is 0 Å². The Morgan fingerprint density at radius 1 is 1.28 bits per heavy atom. The van der Waals surface area contributed by atoms with Gasteiger partial charge in [-0.3, -0.25) is 19.5 Å². The molecule has 9 heteroatoms. The largest absolute Gasteiger partial charge is 0.351 e. The average molecular weight is 404 g/mol. The molecule has 154 valence electrons. The molecular weight excluding hydrogens is 382 g/mol. The summed E-state index contributed by atoms with van der Waals surface area (Å²) in [4.78, 5) is 40.8. The van der Waals surface area contributed by atoms with Crippen molar-refractivity contribution >= 4 is 34.7 Å². The van der Waals surface area contributed by atoms with Crippen LogP contribution in [0.3, 0.4) is 0 Å². The smallest absolute Gasteiger partial charge is 0.261 e. The number of aldehydes is 1.